The summed E-state index contributed by atoms with van der Waals surface area (Å²) in [5, 5.41) is 12.8. The minimum atomic E-state index is -0.635. The van der Waals surface area contributed by atoms with E-state index in [1.165, 1.54) is 0 Å². The van der Waals surface area contributed by atoms with Gasteiger partial charge < -0.3 is 16.4 Å². The molecular weight excluding hydrogens is 160 g/mol. The molecule has 0 rings (SSSR count). The normalized spacial score (nSPS) is 8.25. The number of primary amides is 1. The molecule has 66 valence electrons. The van der Waals surface area contributed by atoms with Crippen LogP contribution in [0.5, 0.6) is 0 Å². The quantitative estimate of drug-likeness (QED) is 0.455. The number of amides is 3. The van der Waals surface area contributed by atoms with Crippen LogP contribution in [0.15, 0.2) is 0 Å². The minimum absolute atomic E-state index is 0.170. The zero-order valence-electron chi connectivity index (χ0n) is 6.46. The minimum Gasteiger partial charge on any atom is -0.353 e. The molecule has 0 saturated heterocycles. The van der Waals surface area contributed by atoms with Gasteiger partial charge in [-0.1, -0.05) is 0 Å². The highest BCUT2D eigenvalue weighted by Gasteiger charge is 1.97. The monoisotopic (exact) mass is 170 g/mol. The smallest absolute Gasteiger partial charge is 0.312 e. The van der Waals surface area contributed by atoms with E-state index in [1.807, 2.05) is 0 Å². The predicted molar refractivity (Wildman–Crippen MR) is 40.8 cm³/mol. The summed E-state index contributed by atoms with van der Waals surface area (Å²) < 4.78 is 0. The molecule has 0 aromatic rings. The Bertz CT molecular complexity index is 208. The average Bonchev–Trinajstić information content (AvgIpc) is 1.98. The number of carbonyl (C=O) groups excluding carboxylic acids is 2. The van der Waals surface area contributed by atoms with E-state index in [1.54, 1.807) is 6.07 Å². The Kier molecular flexibility index (Phi) is 5.09. The molecule has 0 aliphatic heterocycles. The van der Waals surface area contributed by atoms with Crippen molar-refractivity contribution in [2.24, 2.45) is 5.73 Å². The average molecular weight is 170 g/mol. The van der Waals surface area contributed by atoms with E-state index >= 15 is 0 Å². The molecule has 0 atom stereocenters. The van der Waals surface area contributed by atoms with Gasteiger partial charge in [-0.3, -0.25) is 4.79 Å². The third-order valence-corrected chi connectivity index (χ3v) is 0.986. The predicted octanol–water partition coefficient (Wildman–Crippen LogP) is -1.32. The van der Waals surface area contributed by atoms with E-state index in [0.717, 1.165) is 0 Å². The second-order valence-corrected chi connectivity index (χ2v) is 1.98. The number of nitriles is 1. The van der Waals surface area contributed by atoms with Gasteiger partial charge in [0.15, 0.2) is 0 Å². The van der Waals surface area contributed by atoms with Crippen LogP contribution in [-0.2, 0) is 4.79 Å². The van der Waals surface area contributed by atoms with Crippen molar-refractivity contribution in [2.75, 3.05) is 13.1 Å². The lowest BCUT2D eigenvalue weighted by molar-refractivity contribution is -0.120. The van der Waals surface area contributed by atoms with Gasteiger partial charge in [0.25, 0.3) is 0 Å². The Balaban J connectivity index is 3.27. The standard InChI is InChI=1S/C6H10N4O2/c7-2-1-5(11)9-3-4-10-6(8)12/h1,3-4H2,(H,9,11)(H3,8,10,12). The summed E-state index contributed by atoms with van der Waals surface area (Å²) in [6, 6.07) is 1.06. The van der Waals surface area contributed by atoms with E-state index in [2.05, 4.69) is 10.6 Å². The second kappa shape index (κ2) is 5.97. The maximum atomic E-state index is 10.6. The van der Waals surface area contributed by atoms with Gasteiger partial charge in [0, 0.05) is 13.1 Å². The van der Waals surface area contributed by atoms with Crippen LogP contribution in [0.2, 0.25) is 0 Å². The van der Waals surface area contributed by atoms with Crippen LogP contribution in [0.4, 0.5) is 4.79 Å². The first-order chi connectivity index (χ1) is 5.66. The second-order valence-electron chi connectivity index (χ2n) is 1.98. The lowest BCUT2D eigenvalue weighted by atomic mass is 10.4. The fourth-order valence-corrected chi connectivity index (χ4v) is 0.522. The summed E-state index contributed by atoms with van der Waals surface area (Å²) in [5.41, 5.74) is 4.75. The number of carbonyl (C=O) groups is 2. The van der Waals surface area contributed by atoms with E-state index < -0.39 is 6.03 Å². The molecule has 0 fully saturated rings. The molecule has 0 spiro atoms. The lowest BCUT2D eigenvalue weighted by Crippen LogP contribution is -2.37. The van der Waals surface area contributed by atoms with E-state index in [4.69, 9.17) is 11.0 Å². The molecule has 0 unspecified atom stereocenters. The van der Waals surface area contributed by atoms with Crippen molar-refractivity contribution in [1.29, 1.82) is 5.26 Å². The largest absolute Gasteiger partial charge is 0.353 e. The molecule has 0 aromatic heterocycles. The van der Waals surface area contributed by atoms with Crippen molar-refractivity contribution in [3.8, 4) is 6.07 Å². The van der Waals surface area contributed by atoms with Gasteiger partial charge in [-0.15, -0.1) is 0 Å². The molecule has 0 saturated carbocycles. The number of hydrogen-bond acceptors (Lipinski definition) is 3. The molecule has 0 bridgehead atoms. The zero-order valence-corrected chi connectivity index (χ0v) is 6.46. The Hall–Kier alpha value is -1.77. The van der Waals surface area contributed by atoms with Gasteiger partial charge in [-0.25, -0.2) is 4.79 Å². The summed E-state index contributed by atoms with van der Waals surface area (Å²) >= 11 is 0. The van der Waals surface area contributed by atoms with Crippen LogP contribution in [0, 0.1) is 11.3 Å². The molecule has 0 aliphatic rings. The molecule has 4 N–H and O–H groups in total. The van der Waals surface area contributed by atoms with Crippen molar-refractivity contribution in [3.63, 3.8) is 0 Å². The van der Waals surface area contributed by atoms with Gasteiger partial charge in [-0.2, -0.15) is 5.26 Å². The first kappa shape index (κ1) is 10.2. The maximum absolute atomic E-state index is 10.6. The van der Waals surface area contributed by atoms with Gasteiger partial charge >= 0.3 is 6.03 Å². The van der Waals surface area contributed by atoms with Crippen molar-refractivity contribution < 1.29 is 9.59 Å². The Morgan fingerprint density at radius 2 is 1.92 bits per heavy atom. The molecule has 6 nitrogen and oxygen atoms in total. The van der Waals surface area contributed by atoms with Crippen molar-refractivity contribution >= 4 is 11.9 Å². The molecule has 3 amide bonds. The summed E-state index contributed by atoms with van der Waals surface area (Å²) in [7, 11) is 0. The Morgan fingerprint density at radius 3 is 2.42 bits per heavy atom. The Morgan fingerprint density at radius 1 is 1.33 bits per heavy atom. The van der Waals surface area contributed by atoms with E-state index in [9.17, 15) is 9.59 Å². The Labute approximate surface area is 69.7 Å². The summed E-state index contributed by atoms with van der Waals surface area (Å²) in [4.78, 5) is 20.7. The third kappa shape index (κ3) is 6.35. The third-order valence-electron chi connectivity index (χ3n) is 0.986. The molecular formula is C6H10N4O2. The highest BCUT2D eigenvalue weighted by Crippen LogP contribution is 1.72. The molecule has 0 radical (unpaired) electrons. The number of rotatable bonds is 4. The molecule has 12 heavy (non-hydrogen) atoms. The van der Waals surface area contributed by atoms with Crippen LogP contribution in [-0.4, -0.2) is 25.0 Å². The SMILES string of the molecule is N#CCC(=O)NCCNC(N)=O. The highest BCUT2D eigenvalue weighted by atomic mass is 16.2. The number of nitrogens with one attached hydrogen (secondary N) is 2. The van der Waals surface area contributed by atoms with Gasteiger partial charge in [0.1, 0.15) is 6.42 Å². The first-order valence-electron chi connectivity index (χ1n) is 3.33. The number of urea groups is 1. The number of nitrogens with zero attached hydrogens (tertiary/aromatic N) is 1. The van der Waals surface area contributed by atoms with Crippen LogP contribution < -0.4 is 16.4 Å². The van der Waals surface area contributed by atoms with E-state index in [-0.39, 0.29) is 25.4 Å². The maximum Gasteiger partial charge on any atom is 0.312 e. The van der Waals surface area contributed by atoms with Crippen LogP contribution in [0.3, 0.4) is 0 Å². The fraction of sp³-hybridized carbons (Fsp3) is 0.500. The van der Waals surface area contributed by atoms with Crippen LogP contribution in [0.1, 0.15) is 6.42 Å². The zero-order chi connectivity index (χ0) is 9.40. The lowest BCUT2D eigenvalue weighted by Gasteiger charge is -2.02. The number of hydrogen-bond donors (Lipinski definition) is 3. The number of nitrogens with two attached hydrogens (primary N) is 1. The van der Waals surface area contributed by atoms with Crippen molar-refractivity contribution in [1.82, 2.24) is 10.6 Å². The van der Waals surface area contributed by atoms with Crippen LogP contribution in [0.25, 0.3) is 0 Å². The van der Waals surface area contributed by atoms with Gasteiger partial charge in [0.05, 0.1) is 6.07 Å². The first-order valence-corrected chi connectivity index (χ1v) is 3.33. The van der Waals surface area contributed by atoms with Crippen molar-refractivity contribution in [2.45, 2.75) is 6.42 Å². The highest BCUT2D eigenvalue weighted by molar-refractivity contribution is 5.78. The van der Waals surface area contributed by atoms with Gasteiger partial charge in [0.2, 0.25) is 5.91 Å². The summed E-state index contributed by atoms with van der Waals surface area (Å²) in [6.07, 6.45) is -0.170. The topological polar surface area (TPSA) is 108 Å². The summed E-state index contributed by atoms with van der Waals surface area (Å²) in [5.74, 6) is -0.358. The molecule has 0 aliphatic carbocycles. The fourth-order valence-electron chi connectivity index (χ4n) is 0.522. The summed E-state index contributed by atoms with van der Waals surface area (Å²) in [6.45, 7) is 0.552. The molecule has 6 heteroatoms. The molecule has 0 aromatic carbocycles. The van der Waals surface area contributed by atoms with E-state index in [0.29, 0.717) is 0 Å². The van der Waals surface area contributed by atoms with Gasteiger partial charge in [-0.05, 0) is 0 Å². The van der Waals surface area contributed by atoms with Crippen LogP contribution >= 0.6 is 0 Å². The van der Waals surface area contributed by atoms with Crippen molar-refractivity contribution in [3.05, 3.63) is 0 Å². The molecule has 0 heterocycles.